The van der Waals surface area contributed by atoms with Gasteiger partial charge in [0.1, 0.15) is 11.1 Å². The fourth-order valence-corrected chi connectivity index (χ4v) is 4.52. The molecular weight excluding hydrogens is 377 g/mol. The topological polar surface area (TPSA) is 29.5 Å². The number of thioether (sulfide) groups is 1. The van der Waals surface area contributed by atoms with Crippen molar-refractivity contribution >= 4 is 40.9 Å². The van der Waals surface area contributed by atoms with Crippen molar-refractivity contribution in [1.82, 2.24) is 4.90 Å². The lowest BCUT2D eigenvalue weighted by Crippen LogP contribution is -2.48. The highest BCUT2D eigenvalue weighted by molar-refractivity contribution is 7.99. The average molecular weight is 396 g/mol. The summed E-state index contributed by atoms with van der Waals surface area (Å²) in [5.74, 6) is 1.43. The van der Waals surface area contributed by atoms with E-state index in [0.29, 0.717) is 22.3 Å². The molecule has 1 unspecified atom stereocenters. The summed E-state index contributed by atoms with van der Waals surface area (Å²) in [6, 6.07) is 14.7. The van der Waals surface area contributed by atoms with Crippen LogP contribution in [0.15, 0.2) is 48.5 Å². The van der Waals surface area contributed by atoms with Gasteiger partial charge in [-0.2, -0.15) is 0 Å². The van der Waals surface area contributed by atoms with Gasteiger partial charge in [-0.1, -0.05) is 41.4 Å². The molecule has 6 heteroatoms. The van der Waals surface area contributed by atoms with Gasteiger partial charge in [0.2, 0.25) is 0 Å². The summed E-state index contributed by atoms with van der Waals surface area (Å²) in [7, 11) is 0. The van der Waals surface area contributed by atoms with Crippen LogP contribution < -0.4 is 4.74 Å². The number of amides is 1. The maximum atomic E-state index is 13.2. The van der Waals surface area contributed by atoms with Gasteiger partial charge in [-0.05, 0) is 44.2 Å². The van der Waals surface area contributed by atoms with Gasteiger partial charge in [0, 0.05) is 27.9 Å². The van der Waals surface area contributed by atoms with Crippen molar-refractivity contribution in [2.75, 3.05) is 12.3 Å². The van der Waals surface area contributed by atoms with Crippen molar-refractivity contribution < 1.29 is 9.53 Å². The van der Waals surface area contributed by atoms with Crippen molar-refractivity contribution in [3.8, 4) is 5.75 Å². The second kappa shape index (κ2) is 7.48. The van der Waals surface area contributed by atoms with Crippen LogP contribution in [0.1, 0.15) is 24.8 Å². The number of benzene rings is 2. The molecule has 3 nitrogen and oxygen atoms in total. The molecule has 1 atom stereocenters. The van der Waals surface area contributed by atoms with E-state index in [1.54, 1.807) is 49.9 Å². The molecule has 25 heavy (non-hydrogen) atoms. The molecule has 2 aromatic carbocycles. The van der Waals surface area contributed by atoms with E-state index in [4.69, 9.17) is 27.9 Å². The largest absolute Gasteiger partial charge is 0.478 e. The molecular formula is C19H19Cl2NO2S. The number of rotatable bonds is 4. The summed E-state index contributed by atoms with van der Waals surface area (Å²) in [6.07, 6.45) is 0. The van der Waals surface area contributed by atoms with Crippen LogP contribution in [0.25, 0.3) is 0 Å². The van der Waals surface area contributed by atoms with E-state index in [0.717, 1.165) is 11.3 Å². The third-order valence-electron chi connectivity index (χ3n) is 4.02. The Bertz CT molecular complexity index is 764. The summed E-state index contributed by atoms with van der Waals surface area (Å²) in [5.41, 5.74) is -0.0274. The highest BCUT2D eigenvalue weighted by atomic mass is 35.5. The van der Waals surface area contributed by atoms with Gasteiger partial charge in [-0.25, -0.2) is 0 Å². The first-order valence-electron chi connectivity index (χ1n) is 8.00. The molecule has 132 valence electrons. The maximum absolute atomic E-state index is 13.2. The third-order valence-corrected chi connectivity index (χ3v) is 5.86. The van der Waals surface area contributed by atoms with Gasteiger partial charge >= 0.3 is 0 Å². The second-order valence-corrected chi connectivity index (χ2v) is 8.34. The molecule has 2 aromatic rings. The van der Waals surface area contributed by atoms with E-state index in [1.165, 1.54) is 0 Å². The highest BCUT2D eigenvalue weighted by Crippen LogP contribution is 2.42. The molecule has 0 saturated carbocycles. The standard InChI is InChI=1S/C19H19Cl2NO2S/c1-19(2,24-14-9-7-13(20)8-10-14)18(23)22-11-12-25-17(22)15-5-3-4-6-16(15)21/h3-10,17H,11-12H2,1-2H3. The quantitative estimate of drug-likeness (QED) is 0.691. The number of nitrogens with zero attached hydrogens (tertiary/aromatic N) is 1. The van der Waals surface area contributed by atoms with Crippen LogP contribution in [0, 0.1) is 0 Å². The monoisotopic (exact) mass is 395 g/mol. The minimum atomic E-state index is -0.988. The molecule has 1 saturated heterocycles. The molecule has 1 amide bonds. The Kier molecular flexibility index (Phi) is 5.52. The third kappa shape index (κ3) is 4.08. The smallest absolute Gasteiger partial charge is 0.267 e. The predicted molar refractivity (Wildman–Crippen MR) is 105 cm³/mol. The molecule has 0 bridgehead atoms. The SMILES string of the molecule is CC(C)(Oc1ccc(Cl)cc1)C(=O)N1CCSC1c1ccccc1Cl. The Hall–Kier alpha value is -1.36. The lowest BCUT2D eigenvalue weighted by atomic mass is 10.1. The lowest BCUT2D eigenvalue weighted by molar-refractivity contribution is -0.145. The summed E-state index contributed by atoms with van der Waals surface area (Å²) >= 11 is 14.0. The number of carbonyl (C=O) groups is 1. The van der Waals surface area contributed by atoms with Gasteiger partial charge in [-0.15, -0.1) is 11.8 Å². The lowest BCUT2D eigenvalue weighted by Gasteiger charge is -2.33. The van der Waals surface area contributed by atoms with Gasteiger partial charge in [0.15, 0.2) is 5.60 Å². The molecule has 3 rings (SSSR count). The molecule has 0 spiro atoms. The fourth-order valence-electron chi connectivity index (χ4n) is 2.80. The zero-order valence-electron chi connectivity index (χ0n) is 14.0. The van der Waals surface area contributed by atoms with Crippen LogP contribution in [0.4, 0.5) is 0 Å². The van der Waals surface area contributed by atoms with Crippen LogP contribution >= 0.6 is 35.0 Å². The molecule has 0 aromatic heterocycles. The minimum absolute atomic E-state index is 0.0580. The zero-order valence-corrected chi connectivity index (χ0v) is 16.4. The van der Waals surface area contributed by atoms with E-state index >= 15 is 0 Å². The summed E-state index contributed by atoms with van der Waals surface area (Å²) in [4.78, 5) is 15.0. The first-order chi connectivity index (χ1) is 11.9. The number of carbonyl (C=O) groups excluding carboxylic acids is 1. The first-order valence-corrected chi connectivity index (χ1v) is 9.80. The van der Waals surface area contributed by atoms with Crippen molar-refractivity contribution in [1.29, 1.82) is 0 Å². The van der Waals surface area contributed by atoms with Crippen molar-refractivity contribution in [3.05, 3.63) is 64.1 Å². The number of hydrogen-bond donors (Lipinski definition) is 0. The Morgan fingerprint density at radius 3 is 2.52 bits per heavy atom. The van der Waals surface area contributed by atoms with E-state index < -0.39 is 5.60 Å². The molecule has 1 heterocycles. The van der Waals surface area contributed by atoms with Crippen LogP contribution in [0.5, 0.6) is 5.75 Å². The highest BCUT2D eigenvalue weighted by Gasteiger charge is 2.40. The summed E-state index contributed by atoms with van der Waals surface area (Å²) in [6.45, 7) is 4.25. The van der Waals surface area contributed by atoms with E-state index in [2.05, 4.69) is 0 Å². The van der Waals surface area contributed by atoms with Crippen molar-refractivity contribution in [2.24, 2.45) is 0 Å². The summed E-state index contributed by atoms with van der Waals surface area (Å²) < 4.78 is 5.95. The van der Waals surface area contributed by atoms with Crippen LogP contribution in [-0.2, 0) is 4.79 Å². The Morgan fingerprint density at radius 1 is 1.16 bits per heavy atom. The molecule has 1 fully saturated rings. The van der Waals surface area contributed by atoms with Gasteiger partial charge in [0.05, 0.1) is 0 Å². The minimum Gasteiger partial charge on any atom is -0.478 e. The van der Waals surface area contributed by atoms with E-state index in [9.17, 15) is 4.79 Å². The zero-order chi connectivity index (χ0) is 18.0. The van der Waals surface area contributed by atoms with E-state index in [-0.39, 0.29) is 11.3 Å². The second-order valence-electron chi connectivity index (χ2n) is 6.31. The van der Waals surface area contributed by atoms with Crippen LogP contribution in [-0.4, -0.2) is 28.7 Å². The Balaban J connectivity index is 1.80. The van der Waals surface area contributed by atoms with E-state index in [1.807, 2.05) is 29.2 Å². The first kappa shape index (κ1) is 18.4. The molecule has 0 radical (unpaired) electrons. The fraction of sp³-hybridized carbons (Fsp3) is 0.316. The van der Waals surface area contributed by atoms with Gasteiger partial charge < -0.3 is 9.64 Å². The van der Waals surface area contributed by atoms with Crippen LogP contribution in [0.3, 0.4) is 0 Å². The molecule has 1 aliphatic heterocycles. The van der Waals surface area contributed by atoms with Crippen LogP contribution in [0.2, 0.25) is 10.0 Å². The Morgan fingerprint density at radius 2 is 1.84 bits per heavy atom. The van der Waals surface area contributed by atoms with Gasteiger partial charge in [0.25, 0.3) is 5.91 Å². The van der Waals surface area contributed by atoms with Gasteiger partial charge in [-0.3, -0.25) is 4.79 Å². The number of hydrogen-bond acceptors (Lipinski definition) is 3. The normalized spacial score (nSPS) is 17.6. The molecule has 0 N–H and O–H groups in total. The molecule has 0 aliphatic carbocycles. The average Bonchev–Trinajstić information content (AvgIpc) is 3.05. The maximum Gasteiger partial charge on any atom is 0.267 e. The predicted octanol–water partition coefficient (Wildman–Crippen LogP) is 5.43. The number of ether oxygens (including phenoxy) is 1. The summed E-state index contributed by atoms with van der Waals surface area (Å²) in [5, 5.41) is 1.22. The van der Waals surface area contributed by atoms with Crippen molar-refractivity contribution in [2.45, 2.75) is 24.8 Å². The number of halogens is 2. The van der Waals surface area contributed by atoms with Crippen molar-refractivity contribution in [3.63, 3.8) is 0 Å². The molecule has 1 aliphatic rings. The Labute approximate surface area is 162 Å².